The van der Waals surface area contributed by atoms with E-state index in [-0.39, 0.29) is 17.1 Å². The fourth-order valence-electron chi connectivity index (χ4n) is 2.99. The van der Waals surface area contributed by atoms with E-state index in [1.165, 1.54) is 4.31 Å². The summed E-state index contributed by atoms with van der Waals surface area (Å²) in [5, 5.41) is 13.7. The van der Waals surface area contributed by atoms with Crippen molar-refractivity contribution in [2.75, 3.05) is 18.8 Å². The Balaban J connectivity index is 0.000000156. The zero-order valence-corrected chi connectivity index (χ0v) is 17.0. The number of hydrogen-bond donors (Lipinski definition) is 2. The summed E-state index contributed by atoms with van der Waals surface area (Å²) < 4.78 is 26.5. The van der Waals surface area contributed by atoms with E-state index in [1.807, 2.05) is 13.8 Å². The Labute approximate surface area is 163 Å². The Bertz CT molecular complexity index is 912. The van der Waals surface area contributed by atoms with Gasteiger partial charge >= 0.3 is 0 Å². The average molecular weight is 417 g/mol. The third-order valence-electron chi connectivity index (χ3n) is 4.57. The molecule has 0 radical (unpaired) electrons. The number of aromatic nitrogens is 4. The van der Waals surface area contributed by atoms with Gasteiger partial charge in [-0.15, -0.1) is 5.10 Å². The van der Waals surface area contributed by atoms with Crippen LogP contribution >= 0.6 is 11.6 Å². The van der Waals surface area contributed by atoms with Gasteiger partial charge < -0.3 is 10.8 Å². The monoisotopic (exact) mass is 416 g/mol. The number of β-amino-alcohol motifs (C(OH)–C–C–N with tert-alkyl or cyclic N) is 1. The number of rotatable bonds is 3. The van der Waals surface area contributed by atoms with Gasteiger partial charge in [-0.25, -0.2) is 22.9 Å². The smallest absolute Gasteiger partial charge is 0.238 e. The van der Waals surface area contributed by atoms with Crippen LogP contribution in [0.15, 0.2) is 6.20 Å². The standard InChI is InChI=1S/C8H10ClN5.C8H15NO3S/c1-4(2)7-12-6(9)5-3-11-8(10)13-14(5)7;10-7-2-1-5-9(6-7)13(11,12)8-3-4-8/h3-4H,1-2H3,(H2,10,13);7-8,10H,1-6H2. The van der Waals surface area contributed by atoms with Gasteiger partial charge in [0.2, 0.25) is 16.0 Å². The maximum absolute atomic E-state index is 11.7. The van der Waals surface area contributed by atoms with Gasteiger partial charge in [0.05, 0.1) is 17.6 Å². The molecule has 1 saturated carbocycles. The van der Waals surface area contributed by atoms with Crippen LogP contribution in [0.1, 0.15) is 51.3 Å². The van der Waals surface area contributed by atoms with Gasteiger partial charge in [-0.2, -0.15) is 4.31 Å². The topological polar surface area (TPSA) is 127 Å². The van der Waals surface area contributed by atoms with Crippen molar-refractivity contribution < 1.29 is 13.5 Å². The van der Waals surface area contributed by atoms with Gasteiger partial charge in [0.1, 0.15) is 11.3 Å². The summed E-state index contributed by atoms with van der Waals surface area (Å²) in [6.07, 6.45) is 4.24. The molecule has 3 N–H and O–H groups in total. The number of piperidine rings is 1. The van der Waals surface area contributed by atoms with Crippen LogP contribution in [0.2, 0.25) is 5.15 Å². The number of anilines is 1. The minimum Gasteiger partial charge on any atom is -0.392 e. The molecule has 0 aromatic carbocycles. The fourth-order valence-corrected chi connectivity index (χ4v) is 5.12. The second-order valence-electron chi connectivity index (χ2n) is 7.23. The van der Waals surface area contributed by atoms with Gasteiger partial charge in [-0.1, -0.05) is 25.4 Å². The lowest BCUT2D eigenvalue weighted by atomic mass is 10.1. The molecule has 11 heteroatoms. The second kappa shape index (κ2) is 7.86. The molecule has 0 spiro atoms. The Kier molecular flexibility index (Phi) is 5.90. The quantitative estimate of drug-likeness (QED) is 0.774. The SMILES string of the molecule is CC(C)c1nc(Cl)c2cnc(N)nn12.O=S(=O)(C1CC1)N1CCCC(O)C1. The molecule has 9 nitrogen and oxygen atoms in total. The summed E-state index contributed by atoms with van der Waals surface area (Å²) in [6.45, 7) is 4.93. The van der Waals surface area contributed by atoms with Crippen LogP contribution in [0.5, 0.6) is 0 Å². The number of sulfonamides is 1. The first-order chi connectivity index (χ1) is 12.7. The number of nitrogen functional groups attached to an aromatic ring is 1. The van der Waals surface area contributed by atoms with Crippen LogP contribution in [0.3, 0.4) is 0 Å². The van der Waals surface area contributed by atoms with Gasteiger partial charge in [0.15, 0.2) is 5.15 Å². The van der Waals surface area contributed by atoms with E-state index < -0.39 is 16.1 Å². The van der Waals surface area contributed by atoms with Gasteiger partial charge in [0.25, 0.3) is 0 Å². The first kappa shape index (κ1) is 20.2. The van der Waals surface area contributed by atoms with Crippen molar-refractivity contribution in [3.63, 3.8) is 0 Å². The Morgan fingerprint density at radius 1 is 1.33 bits per heavy atom. The number of nitrogens with two attached hydrogens (primary N) is 1. The minimum absolute atomic E-state index is 0.141. The van der Waals surface area contributed by atoms with E-state index in [1.54, 1.807) is 10.7 Å². The Morgan fingerprint density at radius 3 is 2.63 bits per heavy atom. The molecule has 2 aliphatic rings. The molecule has 2 aromatic rings. The predicted octanol–water partition coefficient (Wildman–Crippen LogP) is 1.42. The first-order valence-corrected chi connectivity index (χ1v) is 10.9. The zero-order chi connectivity index (χ0) is 19.8. The zero-order valence-electron chi connectivity index (χ0n) is 15.4. The molecule has 1 atom stereocenters. The highest BCUT2D eigenvalue weighted by Gasteiger charge is 2.41. The molecular formula is C16H25ClN6O3S. The summed E-state index contributed by atoms with van der Waals surface area (Å²) in [7, 11) is -3.05. The van der Waals surface area contributed by atoms with Gasteiger partial charge in [-0.3, -0.25) is 0 Å². The van der Waals surface area contributed by atoms with E-state index in [0.717, 1.165) is 31.5 Å². The highest BCUT2D eigenvalue weighted by atomic mass is 35.5. The van der Waals surface area contributed by atoms with Crippen LogP contribution in [-0.4, -0.2) is 61.9 Å². The number of imidazole rings is 1. The van der Waals surface area contributed by atoms with Crippen LogP contribution in [0, 0.1) is 0 Å². The largest absolute Gasteiger partial charge is 0.392 e. The van der Waals surface area contributed by atoms with Crippen molar-refractivity contribution in [3.8, 4) is 0 Å². The van der Waals surface area contributed by atoms with Crippen molar-refractivity contribution in [1.82, 2.24) is 23.9 Å². The van der Waals surface area contributed by atoms with Crippen molar-refractivity contribution in [2.45, 2.75) is 56.8 Å². The summed E-state index contributed by atoms with van der Waals surface area (Å²) in [5.74, 6) is 1.25. The van der Waals surface area contributed by atoms with E-state index in [4.69, 9.17) is 17.3 Å². The molecule has 150 valence electrons. The van der Waals surface area contributed by atoms with Crippen molar-refractivity contribution in [3.05, 3.63) is 17.2 Å². The molecule has 1 unspecified atom stereocenters. The maximum atomic E-state index is 11.7. The van der Waals surface area contributed by atoms with Crippen molar-refractivity contribution in [2.24, 2.45) is 0 Å². The molecule has 27 heavy (non-hydrogen) atoms. The third kappa shape index (κ3) is 4.50. The van der Waals surface area contributed by atoms with Crippen LogP contribution in [0.25, 0.3) is 5.52 Å². The van der Waals surface area contributed by atoms with E-state index in [2.05, 4.69) is 15.1 Å². The molecule has 0 amide bonds. The number of hydrogen-bond acceptors (Lipinski definition) is 7. The molecular weight excluding hydrogens is 392 g/mol. The molecule has 1 saturated heterocycles. The molecule has 4 rings (SSSR count). The Morgan fingerprint density at radius 2 is 2.04 bits per heavy atom. The van der Waals surface area contributed by atoms with E-state index in [9.17, 15) is 13.5 Å². The minimum atomic E-state index is -3.05. The summed E-state index contributed by atoms with van der Waals surface area (Å²) in [6, 6.07) is 0. The highest BCUT2D eigenvalue weighted by molar-refractivity contribution is 7.90. The van der Waals surface area contributed by atoms with Gasteiger partial charge in [0, 0.05) is 19.0 Å². The number of halogens is 1. The molecule has 1 aliphatic heterocycles. The molecule has 3 heterocycles. The lowest BCUT2D eigenvalue weighted by Gasteiger charge is -2.29. The lowest BCUT2D eigenvalue weighted by molar-refractivity contribution is 0.108. The Hall–Kier alpha value is -1.49. The predicted molar refractivity (Wildman–Crippen MR) is 103 cm³/mol. The van der Waals surface area contributed by atoms with Gasteiger partial charge in [-0.05, 0) is 25.7 Å². The van der Waals surface area contributed by atoms with E-state index in [0.29, 0.717) is 23.8 Å². The van der Waals surface area contributed by atoms with Crippen molar-refractivity contribution in [1.29, 1.82) is 0 Å². The number of nitrogens with zero attached hydrogens (tertiary/aromatic N) is 5. The molecule has 0 bridgehead atoms. The average Bonchev–Trinajstić information content (AvgIpc) is 3.41. The molecule has 2 aromatic heterocycles. The van der Waals surface area contributed by atoms with Crippen LogP contribution < -0.4 is 5.73 Å². The maximum Gasteiger partial charge on any atom is 0.238 e. The number of fused-ring (bicyclic) bond motifs is 1. The van der Waals surface area contributed by atoms with Crippen LogP contribution in [-0.2, 0) is 10.0 Å². The second-order valence-corrected chi connectivity index (χ2v) is 9.80. The molecule has 1 aliphatic carbocycles. The lowest BCUT2D eigenvalue weighted by Crippen LogP contribution is -2.43. The highest BCUT2D eigenvalue weighted by Crippen LogP contribution is 2.32. The normalized spacial score (nSPS) is 21.3. The fraction of sp³-hybridized carbons (Fsp3) is 0.688. The number of aliphatic hydroxyl groups is 1. The summed E-state index contributed by atoms with van der Waals surface area (Å²) in [4.78, 5) is 8.06. The van der Waals surface area contributed by atoms with Crippen LogP contribution in [0.4, 0.5) is 5.95 Å². The van der Waals surface area contributed by atoms with Crippen molar-refractivity contribution >= 4 is 33.1 Å². The number of aliphatic hydroxyl groups excluding tert-OH is 1. The van der Waals surface area contributed by atoms with E-state index >= 15 is 0 Å². The summed E-state index contributed by atoms with van der Waals surface area (Å²) in [5.41, 5.74) is 6.17. The first-order valence-electron chi connectivity index (χ1n) is 9.03. The molecule has 2 fully saturated rings. The summed E-state index contributed by atoms with van der Waals surface area (Å²) >= 11 is 5.92. The third-order valence-corrected chi connectivity index (χ3v) is 7.22.